The van der Waals surface area contributed by atoms with Gasteiger partial charge in [-0.25, -0.2) is 4.79 Å². The Hall–Kier alpha value is -1.32. The first-order valence-corrected chi connectivity index (χ1v) is 8.56. The molecule has 0 radical (unpaired) electrons. The van der Waals surface area contributed by atoms with Crippen molar-refractivity contribution in [2.24, 2.45) is 5.92 Å². The molecule has 0 spiro atoms. The molecule has 0 aliphatic rings. The summed E-state index contributed by atoms with van der Waals surface area (Å²) < 4.78 is 0. The fourth-order valence-electron chi connectivity index (χ4n) is 2.37. The van der Waals surface area contributed by atoms with Crippen LogP contribution in [0.25, 0.3) is 0 Å². The van der Waals surface area contributed by atoms with Crippen LogP contribution in [-0.4, -0.2) is 35.0 Å². The molecule has 4 heteroatoms. The zero-order valence-electron chi connectivity index (χ0n) is 14.7. The number of carboxylic acids is 1. The molecule has 0 aromatic heterocycles. The number of rotatable bonds is 12. The quantitative estimate of drug-likeness (QED) is 0.433. The summed E-state index contributed by atoms with van der Waals surface area (Å²) in [6.45, 7) is 6.12. The molecule has 0 bridgehead atoms. The van der Waals surface area contributed by atoms with Gasteiger partial charge in [-0.1, -0.05) is 59.0 Å². The number of carbonyl (C=O) groups excluding carboxylic acids is 1. The third kappa shape index (κ3) is 9.59. The Kier molecular flexibility index (Phi) is 11.5. The predicted molar refractivity (Wildman–Crippen MR) is 90.8 cm³/mol. The molecule has 0 saturated carbocycles. The van der Waals surface area contributed by atoms with Crippen molar-refractivity contribution < 1.29 is 14.7 Å². The maximum atomic E-state index is 12.0. The number of allylic oxidation sites excluding steroid dienone is 1. The number of carboxylic acid groups (broad SMARTS) is 1. The second-order valence-electron chi connectivity index (χ2n) is 6.39. The summed E-state index contributed by atoms with van der Waals surface area (Å²) in [7, 11) is 1.57. The Bertz CT molecular complexity index is 350. The fourth-order valence-corrected chi connectivity index (χ4v) is 2.37. The lowest BCUT2D eigenvalue weighted by Crippen LogP contribution is -2.42. The van der Waals surface area contributed by atoms with Crippen molar-refractivity contribution in [3.8, 4) is 0 Å². The third-order valence-electron chi connectivity index (χ3n) is 3.78. The first kappa shape index (κ1) is 20.7. The maximum absolute atomic E-state index is 12.0. The monoisotopic (exact) mass is 311 g/mol. The van der Waals surface area contributed by atoms with Gasteiger partial charge in [-0.2, -0.15) is 0 Å². The Morgan fingerprint density at radius 3 is 2.23 bits per heavy atom. The van der Waals surface area contributed by atoms with E-state index in [1.54, 1.807) is 7.05 Å². The van der Waals surface area contributed by atoms with Crippen molar-refractivity contribution in [2.75, 3.05) is 7.05 Å². The van der Waals surface area contributed by atoms with Gasteiger partial charge in [0.15, 0.2) is 0 Å². The van der Waals surface area contributed by atoms with Gasteiger partial charge in [-0.3, -0.25) is 4.79 Å². The molecule has 128 valence electrons. The summed E-state index contributed by atoms with van der Waals surface area (Å²) in [5.74, 6) is -0.920. The van der Waals surface area contributed by atoms with Gasteiger partial charge in [0, 0.05) is 7.05 Å². The number of aliphatic carboxylic acids is 1. The van der Waals surface area contributed by atoms with Crippen molar-refractivity contribution >= 4 is 11.9 Å². The lowest BCUT2D eigenvalue weighted by atomic mass is 10.0. The lowest BCUT2D eigenvalue weighted by Gasteiger charge is -2.25. The minimum atomic E-state index is -0.936. The van der Waals surface area contributed by atoms with Crippen LogP contribution in [0.4, 0.5) is 0 Å². The van der Waals surface area contributed by atoms with E-state index < -0.39 is 12.0 Å². The topological polar surface area (TPSA) is 57.6 Å². The third-order valence-corrected chi connectivity index (χ3v) is 3.78. The fraction of sp³-hybridized carbons (Fsp3) is 0.778. The zero-order valence-corrected chi connectivity index (χ0v) is 14.7. The Morgan fingerprint density at radius 2 is 1.68 bits per heavy atom. The van der Waals surface area contributed by atoms with E-state index in [0.717, 1.165) is 12.8 Å². The number of unbranched alkanes of at least 4 members (excludes halogenated alkanes) is 6. The molecule has 22 heavy (non-hydrogen) atoms. The normalized spacial score (nSPS) is 12.8. The Morgan fingerprint density at radius 1 is 1.09 bits per heavy atom. The molecule has 0 aromatic carbocycles. The number of nitrogens with zero attached hydrogens (tertiary/aromatic N) is 1. The van der Waals surface area contributed by atoms with Gasteiger partial charge in [-0.05, 0) is 31.3 Å². The summed E-state index contributed by atoms with van der Waals surface area (Å²) >= 11 is 0. The zero-order chi connectivity index (χ0) is 17.0. The SMILES string of the molecule is CCCCCCCCC=CC(=O)N(C)C(CC(C)C)C(=O)O. The average Bonchev–Trinajstić information content (AvgIpc) is 2.46. The molecule has 0 aliphatic heterocycles. The van der Waals surface area contributed by atoms with Crippen molar-refractivity contribution in [1.29, 1.82) is 0 Å². The molecule has 0 aliphatic carbocycles. The molecule has 1 unspecified atom stereocenters. The standard InChI is InChI=1S/C18H33NO3/c1-5-6-7-8-9-10-11-12-13-17(20)19(4)16(18(21)22)14-15(2)3/h12-13,15-16H,5-11,14H2,1-4H3,(H,21,22). The molecule has 4 nitrogen and oxygen atoms in total. The smallest absolute Gasteiger partial charge is 0.326 e. The summed E-state index contributed by atoms with van der Waals surface area (Å²) in [5.41, 5.74) is 0. The summed E-state index contributed by atoms with van der Waals surface area (Å²) in [5, 5.41) is 9.24. The van der Waals surface area contributed by atoms with Crippen LogP contribution in [-0.2, 0) is 9.59 Å². The lowest BCUT2D eigenvalue weighted by molar-refractivity contribution is -0.148. The second-order valence-corrected chi connectivity index (χ2v) is 6.39. The first-order valence-electron chi connectivity index (χ1n) is 8.56. The van der Waals surface area contributed by atoms with E-state index in [4.69, 9.17) is 0 Å². The second kappa shape index (κ2) is 12.2. The van der Waals surface area contributed by atoms with E-state index in [0.29, 0.717) is 6.42 Å². The minimum Gasteiger partial charge on any atom is -0.480 e. The van der Waals surface area contributed by atoms with Crippen LogP contribution in [0.1, 0.15) is 72.1 Å². The molecule has 0 aromatic rings. The highest BCUT2D eigenvalue weighted by molar-refractivity contribution is 5.90. The van der Waals surface area contributed by atoms with Crippen molar-refractivity contribution in [2.45, 2.75) is 78.2 Å². The van der Waals surface area contributed by atoms with Crippen LogP contribution in [0.15, 0.2) is 12.2 Å². The van der Waals surface area contributed by atoms with Crippen LogP contribution < -0.4 is 0 Å². The van der Waals surface area contributed by atoms with Gasteiger partial charge < -0.3 is 10.0 Å². The number of carbonyl (C=O) groups is 2. The summed E-state index contributed by atoms with van der Waals surface area (Å²) in [4.78, 5) is 24.6. The van der Waals surface area contributed by atoms with E-state index in [1.165, 1.54) is 43.1 Å². The van der Waals surface area contributed by atoms with Crippen molar-refractivity contribution in [1.82, 2.24) is 4.90 Å². The van der Waals surface area contributed by atoms with E-state index >= 15 is 0 Å². The van der Waals surface area contributed by atoms with Crippen molar-refractivity contribution in [3.05, 3.63) is 12.2 Å². The van der Waals surface area contributed by atoms with Gasteiger partial charge in [-0.15, -0.1) is 0 Å². The molecular formula is C18H33NO3. The first-order chi connectivity index (χ1) is 10.4. The molecule has 1 atom stereocenters. The predicted octanol–water partition coefficient (Wildman–Crippen LogP) is 4.25. The van der Waals surface area contributed by atoms with E-state index in [-0.39, 0.29) is 11.8 Å². The highest BCUT2D eigenvalue weighted by Gasteiger charge is 2.25. The maximum Gasteiger partial charge on any atom is 0.326 e. The summed E-state index contributed by atoms with van der Waals surface area (Å²) in [6.07, 6.45) is 12.1. The molecule has 0 rings (SSSR count). The molecular weight excluding hydrogens is 278 g/mol. The molecule has 1 N–H and O–H groups in total. The van der Waals surface area contributed by atoms with E-state index in [9.17, 15) is 14.7 Å². The minimum absolute atomic E-state index is 0.223. The highest BCUT2D eigenvalue weighted by atomic mass is 16.4. The molecule has 1 amide bonds. The number of amides is 1. The van der Waals surface area contributed by atoms with Gasteiger partial charge >= 0.3 is 5.97 Å². The van der Waals surface area contributed by atoms with Crippen LogP contribution in [0.3, 0.4) is 0 Å². The highest BCUT2D eigenvalue weighted by Crippen LogP contribution is 2.12. The van der Waals surface area contributed by atoms with Gasteiger partial charge in [0.25, 0.3) is 0 Å². The molecule has 0 heterocycles. The summed E-state index contributed by atoms with van der Waals surface area (Å²) in [6, 6.07) is -0.744. The van der Waals surface area contributed by atoms with Crippen LogP contribution in [0.5, 0.6) is 0 Å². The van der Waals surface area contributed by atoms with E-state index in [1.807, 2.05) is 19.9 Å². The van der Waals surface area contributed by atoms with Gasteiger partial charge in [0.1, 0.15) is 6.04 Å². The van der Waals surface area contributed by atoms with Gasteiger partial charge in [0.2, 0.25) is 5.91 Å². The van der Waals surface area contributed by atoms with E-state index in [2.05, 4.69) is 6.92 Å². The number of hydrogen-bond acceptors (Lipinski definition) is 2. The Labute approximate surface area is 135 Å². The molecule has 0 fully saturated rings. The number of hydrogen-bond donors (Lipinski definition) is 1. The average molecular weight is 311 g/mol. The van der Waals surface area contributed by atoms with Gasteiger partial charge in [0.05, 0.1) is 0 Å². The Balaban J connectivity index is 4.11. The largest absolute Gasteiger partial charge is 0.480 e. The molecule has 0 saturated heterocycles. The van der Waals surface area contributed by atoms with Crippen molar-refractivity contribution in [3.63, 3.8) is 0 Å². The van der Waals surface area contributed by atoms with Crippen LogP contribution >= 0.6 is 0 Å². The number of likely N-dealkylation sites (N-methyl/N-ethyl adjacent to an activating group) is 1. The van der Waals surface area contributed by atoms with Crippen LogP contribution in [0, 0.1) is 5.92 Å². The van der Waals surface area contributed by atoms with Crippen LogP contribution in [0.2, 0.25) is 0 Å².